The van der Waals surface area contributed by atoms with E-state index in [0.29, 0.717) is 18.8 Å². The van der Waals surface area contributed by atoms with Crippen molar-refractivity contribution in [2.45, 2.75) is 47.0 Å². The lowest BCUT2D eigenvalue weighted by molar-refractivity contribution is -0.138. The van der Waals surface area contributed by atoms with Gasteiger partial charge in [-0.2, -0.15) is 0 Å². The van der Waals surface area contributed by atoms with Crippen LogP contribution in [0.25, 0.3) is 0 Å². The van der Waals surface area contributed by atoms with Crippen molar-refractivity contribution in [3.8, 4) is 0 Å². The fourth-order valence-electron chi connectivity index (χ4n) is 2.47. The van der Waals surface area contributed by atoms with E-state index < -0.39 is 0 Å². The van der Waals surface area contributed by atoms with Gasteiger partial charge in [-0.05, 0) is 58.1 Å². The number of rotatable bonds is 7. The zero-order chi connectivity index (χ0) is 18.7. The Morgan fingerprint density at radius 3 is 2.52 bits per heavy atom. The maximum atomic E-state index is 12.0. The Morgan fingerprint density at radius 1 is 1.12 bits per heavy atom. The van der Waals surface area contributed by atoms with Crippen LogP contribution in [0, 0.1) is 0 Å². The average Bonchev–Trinajstić information content (AvgIpc) is 2.55. The Hall–Kier alpha value is -2.36. The molecule has 1 rings (SSSR count). The minimum Gasteiger partial charge on any atom is -0.463 e. The zero-order valence-electron chi connectivity index (χ0n) is 15.6. The van der Waals surface area contributed by atoms with Gasteiger partial charge in [0.25, 0.3) is 0 Å². The van der Waals surface area contributed by atoms with Crippen LogP contribution in [0.15, 0.2) is 58.7 Å². The highest BCUT2D eigenvalue weighted by Gasteiger charge is 2.18. The van der Waals surface area contributed by atoms with Gasteiger partial charge in [0.2, 0.25) is 0 Å². The summed E-state index contributed by atoms with van der Waals surface area (Å²) in [5, 5.41) is 0. The standard InChI is InChI=1S/C21H28O4/c1-5-24-20(22)15-17(4)11-9-10-16(3)14-18-12-7-8-13-19(18)21(23)25-6-2/h9-11,13-15H,5-8,12H2,1-4H3/b11-9+,16-10+,17-15+,18-14+. The summed E-state index contributed by atoms with van der Waals surface area (Å²) in [7, 11) is 0. The second-order valence-electron chi connectivity index (χ2n) is 5.81. The van der Waals surface area contributed by atoms with Gasteiger partial charge >= 0.3 is 11.9 Å². The van der Waals surface area contributed by atoms with Crippen molar-refractivity contribution >= 4 is 11.9 Å². The molecular weight excluding hydrogens is 316 g/mol. The third kappa shape index (κ3) is 7.84. The van der Waals surface area contributed by atoms with Crippen molar-refractivity contribution in [2.75, 3.05) is 13.2 Å². The summed E-state index contributed by atoms with van der Waals surface area (Å²) < 4.78 is 10.0. The van der Waals surface area contributed by atoms with Crippen LogP contribution in [0.1, 0.15) is 47.0 Å². The summed E-state index contributed by atoms with van der Waals surface area (Å²) in [5.74, 6) is -0.580. The van der Waals surface area contributed by atoms with E-state index >= 15 is 0 Å². The molecule has 1 aliphatic carbocycles. The topological polar surface area (TPSA) is 52.6 Å². The first-order chi connectivity index (χ1) is 12.0. The fraction of sp³-hybridized carbons (Fsp3) is 0.429. The van der Waals surface area contributed by atoms with Gasteiger partial charge in [-0.25, -0.2) is 9.59 Å². The fourth-order valence-corrected chi connectivity index (χ4v) is 2.47. The predicted molar refractivity (Wildman–Crippen MR) is 99.9 cm³/mol. The second kappa shape index (κ2) is 11.2. The molecule has 0 bridgehead atoms. The van der Waals surface area contributed by atoms with E-state index in [1.165, 1.54) is 6.08 Å². The Bertz CT molecular complexity index is 630. The summed E-state index contributed by atoms with van der Waals surface area (Å²) >= 11 is 0. The van der Waals surface area contributed by atoms with Gasteiger partial charge in [-0.15, -0.1) is 0 Å². The van der Waals surface area contributed by atoms with E-state index in [9.17, 15) is 9.59 Å². The summed E-state index contributed by atoms with van der Waals surface area (Å²) in [6, 6.07) is 0. The summed E-state index contributed by atoms with van der Waals surface area (Å²) in [5.41, 5.74) is 3.56. The van der Waals surface area contributed by atoms with Crippen LogP contribution in [0.3, 0.4) is 0 Å². The van der Waals surface area contributed by atoms with Gasteiger partial charge in [-0.1, -0.05) is 36.0 Å². The molecule has 0 aromatic rings. The van der Waals surface area contributed by atoms with Crippen molar-refractivity contribution in [3.05, 3.63) is 58.7 Å². The predicted octanol–water partition coefficient (Wildman–Crippen LogP) is 4.60. The maximum Gasteiger partial charge on any atom is 0.338 e. The van der Waals surface area contributed by atoms with Gasteiger partial charge < -0.3 is 9.47 Å². The number of hydrogen-bond acceptors (Lipinski definition) is 4. The molecule has 0 N–H and O–H groups in total. The molecule has 4 heteroatoms. The molecule has 25 heavy (non-hydrogen) atoms. The Morgan fingerprint density at radius 2 is 1.84 bits per heavy atom. The molecule has 0 aromatic carbocycles. The van der Waals surface area contributed by atoms with Gasteiger partial charge in [-0.3, -0.25) is 0 Å². The molecule has 0 saturated carbocycles. The van der Waals surface area contributed by atoms with Crippen molar-refractivity contribution in [2.24, 2.45) is 0 Å². The van der Waals surface area contributed by atoms with Crippen molar-refractivity contribution in [3.63, 3.8) is 0 Å². The molecule has 0 aromatic heterocycles. The van der Waals surface area contributed by atoms with E-state index in [1.54, 1.807) is 6.92 Å². The molecule has 0 saturated heterocycles. The van der Waals surface area contributed by atoms with Gasteiger partial charge in [0.1, 0.15) is 0 Å². The molecule has 0 radical (unpaired) electrons. The van der Waals surface area contributed by atoms with Gasteiger partial charge in [0, 0.05) is 6.08 Å². The lowest BCUT2D eigenvalue weighted by Crippen LogP contribution is -2.12. The molecule has 0 atom stereocenters. The highest BCUT2D eigenvalue weighted by molar-refractivity contribution is 5.93. The molecule has 136 valence electrons. The van der Waals surface area contributed by atoms with Crippen LogP contribution in [0.2, 0.25) is 0 Å². The van der Waals surface area contributed by atoms with Crippen LogP contribution in [0.4, 0.5) is 0 Å². The van der Waals surface area contributed by atoms with E-state index in [4.69, 9.17) is 9.47 Å². The Kier molecular flexibility index (Phi) is 9.30. The molecule has 0 aliphatic heterocycles. The Labute approximate surface area is 150 Å². The van der Waals surface area contributed by atoms with Gasteiger partial charge in [0.05, 0.1) is 18.8 Å². The molecule has 4 nitrogen and oxygen atoms in total. The molecule has 0 unspecified atom stereocenters. The van der Waals surface area contributed by atoms with E-state index in [0.717, 1.165) is 36.0 Å². The SMILES string of the molecule is CCOC(=O)/C=C(C)/C=C/C=C(C)/C=C1\CCCC=C1C(=O)OCC. The number of esters is 2. The monoisotopic (exact) mass is 344 g/mol. The highest BCUT2D eigenvalue weighted by Crippen LogP contribution is 2.26. The van der Waals surface area contributed by atoms with Crippen LogP contribution < -0.4 is 0 Å². The quantitative estimate of drug-likeness (QED) is 0.385. The Balaban J connectivity index is 2.81. The molecule has 1 aliphatic rings. The molecule has 0 amide bonds. The number of carbonyl (C=O) groups is 2. The third-order valence-corrected chi connectivity index (χ3v) is 3.59. The first kappa shape index (κ1) is 20.7. The second-order valence-corrected chi connectivity index (χ2v) is 5.81. The number of allylic oxidation sites excluding steroid dienone is 7. The van der Waals surface area contributed by atoms with Crippen molar-refractivity contribution in [1.82, 2.24) is 0 Å². The lowest BCUT2D eigenvalue weighted by Gasteiger charge is -2.16. The first-order valence-electron chi connectivity index (χ1n) is 8.76. The maximum absolute atomic E-state index is 12.0. The minimum atomic E-state index is -0.334. The lowest BCUT2D eigenvalue weighted by atomic mass is 9.92. The van der Waals surface area contributed by atoms with Crippen LogP contribution >= 0.6 is 0 Å². The van der Waals surface area contributed by atoms with E-state index in [1.807, 2.05) is 51.2 Å². The van der Waals surface area contributed by atoms with Crippen molar-refractivity contribution in [1.29, 1.82) is 0 Å². The van der Waals surface area contributed by atoms with Gasteiger partial charge in [0.15, 0.2) is 0 Å². The summed E-state index contributed by atoms with van der Waals surface area (Å²) in [6.45, 7) is 8.17. The van der Waals surface area contributed by atoms with Crippen LogP contribution in [-0.2, 0) is 19.1 Å². The minimum absolute atomic E-state index is 0.245. The van der Waals surface area contributed by atoms with E-state index in [-0.39, 0.29) is 11.9 Å². The molecule has 0 heterocycles. The molecular formula is C21H28O4. The van der Waals surface area contributed by atoms with Crippen LogP contribution in [0.5, 0.6) is 0 Å². The molecule has 0 fully saturated rings. The normalized spacial score (nSPS) is 17.6. The number of carbonyl (C=O) groups excluding carboxylic acids is 2. The summed E-state index contributed by atoms with van der Waals surface area (Å²) in [4.78, 5) is 23.4. The number of hydrogen-bond donors (Lipinski definition) is 0. The molecule has 0 spiro atoms. The van der Waals surface area contributed by atoms with E-state index in [2.05, 4.69) is 0 Å². The first-order valence-corrected chi connectivity index (χ1v) is 8.76. The van der Waals surface area contributed by atoms with Crippen molar-refractivity contribution < 1.29 is 19.1 Å². The highest BCUT2D eigenvalue weighted by atomic mass is 16.5. The zero-order valence-corrected chi connectivity index (χ0v) is 15.6. The smallest absolute Gasteiger partial charge is 0.338 e. The average molecular weight is 344 g/mol. The van der Waals surface area contributed by atoms with Crippen LogP contribution in [-0.4, -0.2) is 25.2 Å². The largest absolute Gasteiger partial charge is 0.463 e. The third-order valence-electron chi connectivity index (χ3n) is 3.59. The summed E-state index contributed by atoms with van der Waals surface area (Å²) in [6.07, 6.45) is 14.0. The number of ether oxygens (including phenoxy) is 2.